The topological polar surface area (TPSA) is 18.5 Å². The van der Waals surface area contributed by atoms with Gasteiger partial charge >= 0.3 is 0 Å². The van der Waals surface area contributed by atoms with E-state index in [1.54, 1.807) is 0 Å². The molecular weight excluding hydrogens is 416 g/mol. The molecule has 1 saturated heterocycles. The van der Waals surface area contributed by atoms with Gasteiger partial charge in [-0.05, 0) is 138 Å². The average Bonchev–Trinajstić information content (AvgIpc) is 3.17. The molecule has 9 atom stereocenters. The van der Waals surface area contributed by atoms with Crippen LogP contribution in [0.4, 0.5) is 0 Å². The average molecular weight is 469 g/mol. The fourth-order valence-corrected chi connectivity index (χ4v) is 9.44. The standard InChI is InChI=1S/C32H52O2/c1-22(2)9-8-10-23(3)27-14-15-28-26-13-12-24-21-25(34-30-11-6-7-20-33-30)16-18-31(24,4)29(26)17-19-32(27,28)5/h9,13,23-25,27-30H,6-8,10-12,14-21H2,1-5H3/t23-,24?,25+,27-,28+,29+,30?,31+,32-/m1/s1. The largest absolute Gasteiger partial charge is 0.353 e. The van der Waals surface area contributed by atoms with Crippen molar-refractivity contribution in [2.45, 2.75) is 130 Å². The van der Waals surface area contributed by atoms with Crippen LogP contribution in [0.15, 0.2) is 23.3 Å². The second kappa shape index (κ2) is 10.0. The van der Waals surface area contributed by atoms with Crippen molar-refractivity contribution in [3.63, 3.8) is 0 Å². The molecular formula is C32H52O2. The quantitative estimate of drug-likeness (QED) is 0.362. The maximum Gasteiger partial charge on any atom is 0.157 e. The third-order valence-corrected chi connectivity index (χ3v) is 11.4. The van der Waals surface area contributed by atoms with Gasteiger partial charge in [0.05, 0.1) is 6.10 Å². The van der Waals surface area contributed by atoms with E-state index < -0.39 is 0 Å². The molecule has 2 unspecified atom stereocenters. The van der Waals surface area contributed by atoms with E-state index in [0.29, 0.717) is 16.9 Å². The Balaban J connectivity index is 1.26. The predicted octanol–water partition coefficient (Wildman–Crippen LogP) is 8.86. The van der Waals surface area contributed by atoms with Gasteiger partial charge in [0.15, 0.2) is 6.29 Å². The van der Waals surface area contributed by atoms with Crippen LogP contribution in [0.5, 0.6) is 0 Å². The maximum atomic E-state index is 6.49. The summed E-state index contributed by atoms with van der Waals surface area (Å²) in [5, 5.41) is 0. The van der Waals surface area contributed by atoms with E-state index in [1.165, 1.54) is 82.6 Å². The second-order valence-corrected chi connectivity index (χ2v) is 13.6. The summed E-state index contributed by atoms with van der Waals surface area (Å²) in [4.78, 5) is 0. The van der Waals surface area contributed by atoms with Crippen LogP contribution in [0.2, 0.25) is 0 Å². The molecule has 4 aliphatic carbocycles. The predicted molar refractivity (Wildman–Crippen MR) is 141 cm³/mol. The molecule has 2 nitrogen and oxygen atoms in total. The smallest absolute Gasteiger partial charge is 0.157 e. The van der Waals surface area contributed by atoms with Crippen molar-refractivity contribution in [3.8, 4) is 0 Å². The number of rotatable bonds is 6. The number of hydrogen-bond acceptors (Lipinski definition) is 2. The normalized spacial score (nSPS) is 44.9. The van der Waals surface area contributed by atoms with Crippen molar-refractivity contribution in [1.29, 1.82) is 0 Å². The van der Waals surface area contributed by atoms with Crippen LogP contribution in [-0.4, -0.2) is 19.0 Å². The Kier molecular flexibility index (Phi) is 7.40. The lowest BCUT2D eigenvalue weighted by atomic mass is 9.47. The van der Waals surface area contributed by atoms with E-state index in [-0.39, 0.29) is 6.29 Å². The van der Waals surface area contributed by atoms with Crippen LogP contribution in [0, 0.1) is 40.4 Å². The molecule has 0 amide bonds. The summed E-state index contributed by atoms with van der Waals surface area (Å²) in [6, 6.07) is 0. The van der Waals surface area contributed by atoms with Gasteiger partial charge < -0.3 is 9.47 Å². The highest BCUT2D eigenvalue weighted by Gasteiger charge is 2.58. The Hall–Kier alpha value is -0.600. The summed E-state index contributed by atoms with van der Waals surface area (Å²) >= 11 is 0. The summed E-state index contributed by atoms with van der Waals surface area (Å²) in [5.41, 5.74) is 4.41. The van der Waals surface area contributed by atoms with Crippen molar-refractivity contribution in [3.05, 3.63) is 23.3 Å². The van der Waals surface area contributed by atoms with Crippen LogP contribution in [0.25, 0.3) is 0 Å². The molecule has 0 N–H and O–H groups in total. The van der Waals surface area contributed by atoms with E-state index >= 15 is 0 Å². The zero-order chi connectivity index (χ0) is 23.9. The number of allylic oxidation sites excluding steroid dienone is 4. The summed E-state index contributed by atoms with van der Waals surface area (Å²) in [7, 11) is 0. The summed E-state index contributed by atoms with van der Waals surface area (Å²) in [6.07, 6.45) is 22.8. The Morgan fingerprint density at radius 1 is 1.06 bits per heavy atom. The molecule has 5 rings (SSSR count). The third-order valence-electron chi connectivity index (χ3n) is 11.4. The van der Waals surface area contributed by atoms with E-state index in [4.69, 9.17) is 9.47 Å². The molecule has 4 fully saturated rings. The van der Waals surface area contributed by atoms with Crippen molar-refractivity contribution in [2.75, 3.05) is 6.61 Å². The highest BCUT2D eigenvalue weighted by molar-refractivity contribution is 5.27. The van der Waals surface area contributed by atoms with Crippen LogP contribution < -0.4 is 0 Å². The second-order valence-electron chi connectivity index (χ2n) is 13.6. The molecule has 1 heterocycles. The van der Waals surface area contributed by atoms with E-state index in [1.807, 2.05) is 5.57 Å². The molecule has 0 aromatic rings. The first-order valence-corrected chi connectivity index (χ1v) is 14.9. The van der Waals surface area contributed by atoms with Gasteiger partial charge in [0.2, 0.25) is 0 Å². The summed E-state index contributed by atoms with van der Waals surface area (Å²) in [6.45, 7) is 13.3. The molecule has 0 spiro atoms. The van der Waals surface area contributed by atoms with Gasteiger partial charge in [0, 0.05) is 6.61 Å². The minimum Gasteiger partial charge on any atom is -0.353 e. The minimum absolute atomic E-state index is 0.0716. The van der Waals surface area contributed by atoms with Gasteiger partial charge in [-0.1, -0.05) is 44.1 Å². The summed E-state index contributed by atoms with van der Waals surface area (Å²) in [5.74, 6) is 4.24. The molecule has 5 aliphatic rings. The van der Waals surface area contributed by atoms with Gasteiger partial charge in [-0.25, -0.2) is 0 Å². The maximum absolute atomic E-state index is 6.49. The third kappa shape index (κ3) is 4.60. The van der Waals surface area contributed by atoms with Crippen LogP contribution >= 0.6 is 0 Å². The van der Waals surface area contributed by atoms with E-state index in [9.17, 15) is 0 Å². The van der Waals surface area contributed by atoms with Crippen LogP contribution in [-0.2, 0) is 9.47 Å². The van der Waals surface area contributed by atoms with Crippen molar-refractivity contribution >= 4 is 0 Å². The lowest BCUT2D eigenvalue weighted by molar-refractivity contribution is -0.204. The SMILES string of the molecule is CC(C)=CCC[C@@H](C)[C@H]1CC[C@H]2C3=CCC4C[C@@H](OC5CCCCO5)CC[C@]4(C)[C@H]3CC[C@]12C. The van der Waals surface area contributed by atoms with E-state index in [0.717, 1.165) is 42.6 Å². The molecule has 34 heavy (non-hydrogen) atoms. The van der Waals surface area contributed by atoms with Crippen molar-refractivity contribution < 1.29 is 9.47 Å². The van der Waals surface area contributed by atoms with Gasteiger partial charge in [0.1, 0.15) is 0 Å². The molecule has 0 radical (unpaired) electrons. The van der Waals surface area contributed by atoms with Gasteiger partial charge in [-0.3, -0.25) is 0 Å². The Labute approximate surface area is 210 Å². The lowest BCUT2D eigenvalue weighted by Gasteiger charge is -2.58. The molecule has 3 saturated carbocycles. The minimum atomic E-state index is 0.0716. The molecule has 1 aliphatic heterocycles. The molecule has 2 heteroatoms. The van der Waals surface area contributed by atoms with Gasteiger partial charge in [-0.15, -0.1) is 0 Å². The number of fused-ring (bicyclic) bond motifs is 5. The zero-order valence-electron chi connectivity index (χ0n) is 22.9. The Morgan fingerprint density at radius 2 is 1.85 bits per heavy atom. The zero-order valence-corrected chi connectivity index (χ0v) is 22.9. The lowest BCUT2D eigenvalue weighted by Crippen LogP contribution is -2.50. The van der Waals surface area contributed by atoms with Crippen molar-refractivity contribution in [1.82, 2.24) is 0 Å². The first-order valence-electron chi connectivity index (χ1n) is 14.9. The molecule has 0 aromatic heterocycles. The van der Waals surface area contributed by atoms with Gasteiger partial charge in [-0.2, -0.15) is 0 Å². The fraction of sp³-hybridized carbons (Fsp3) is 0.875. The first-order chi connectivity index (χ1) is 16.3. The monoisotopic (exact) mass is 468 g/mol. The van der Waals surface area contributed by atoms with E-state index in [2.05, 4.69) is 46.8 Å². The number of ether oxygens (including phenoxy) is 2. The Morgan fingerprint density at radius 3 is 2.62 bits per heavy atom. The molecule has 0 bridgehead atoms. The van der Waals surface area contributed by atoms with Gasteiger partial charge in [0.25, 0.3) is 0 Å². The highest BCUT2D eigenvalue weighted by atomic mass is 16.7. The molecule has 192 valence electrons. The first kappa shape index (κ1) is 25.1. The Bertz CT molecular complexity index is 772. The fourth-order valence-electron chi connectivity index (χ4n) is 9.44. The van der Waals surface area contributed by atoms with Crippen LogP contribution in [0.1, 0.15) is 118 Å². The number of hydrogen-bond donors (Lipinski definition) is 0. The molecule has 0 aromatic carbocycles. The highest BCUT2D eigenvalue weighted by Crippen LogP contribution is 2.67. The van der Waals surface area contributed by atoms with Crippen LogP contribution in [0.3, 0.4) is 0 Å². The van der Waals surface area contributed by atoms with Crippen molar-refractivity contribution in [2.24, 2.45) is 40.4 Å². The summed E-state index contributed by atoms with van der Waals surface area (Å²) < 4.78 is 12.4.